The van der Waals surface area contributed by atoms with Gasteiger partial charge in [-0.15, -0.1) is 0 Å². The second kappa shape index (κ2) is 2.59. The molecule has 0 amide bonds. The van der Waals surface area contributed by atoms with Gasteiger partial charge in [0.15, 0.2) is 0 Å². The molecule has 2 nitrogen and oxygen atoms in total. The van der Waals surface area contributed by atoms with Gasteiger partial charge < -0.3 is 9.84 Å². The molecule has 58 valence electrons. The smallest absolute Gasteiger partial charge is 0.0951 e. The second-order valence-electron chi connectivity index (χ2n) is 2.72. The Morgan fingerprint density at radius 2 is 2.30 bits per heavy atom. The van der Waals surface area contributed by atoms with Crippen LogP contribution in [0.1, 0.15) is 0 Å². The quantitative estimate of drug-likeness (QED) is 0.477. The van der Waals surface area contributed by atoms with E-state index in [0.717, 1.165) is 12.4 Å². The molecular formula is C6H10O2S2. The Morgan fingerprint density at radius 3 is 2.70 bits per heavy atom. The Morgan fingerprint density at radius 1 is 1.70 bits per heavy atom. The van der Waals surface area contributed by atoms with Gasteiger partial charge in [-0.1, -0.05) is 0 Å². The molecule has 1 N–H and O–H groups in total. The van der Waals surface area contributed by atoms with E-state index in [2.05, 4.69) is 12.6 Å². The average molecular weight is 178 g/mol. The van der Waals surface area contributed by atoms with Crippen molar-refractivity contribution in [2.45, 2.75) is 22.7 Å². The molecule has 2 saturated heterocycles. The highest BCUT2D eigenvalue weighted by molar-refractivity contribution is 8.07. The molecule has 0 bridgehead atoms. The van der Waals surface area contributed by atoms with Gasteiger partial charge in [-0.2, -0.15) is 24.4 Å². The summed E-state index contributed by atoms with van der Waals surface area (Å²) in [6.45, 7) is 0.780. The monoisotopic (exact) mass is 178 g/mol. The summed E-state index contributed by atoms with van der Waals surface area (Å²) in [5, 5.41) is 9.97. The van der Waals surface area contributed by atoms with Crippen LogP contribution in [0, 0.1) is 0 Å². The van der Waals surface area contributed by atoms with Crippen LogP contribution in [-0.2, 0) is 4.74 Å². The van der Waals surface area contributed by atoms with Gasteiger partial charge in [0.1, 0.15) is 0 Å². The van der Waals surface area contributed by atoms with E-state index >= 15 is 0 Å². The molecule has 2 aliphatic heterocycles. The number of ether oxygens (including phenoxy) is 1. The van der Waals surface area contributed by atoms with Crippen LogP contribution in [0.5, 0.6) is 0 Å². The maximum atomic E-state index is 9.49. The van der Waals surface area contributed by atoms with E-state index < -0.39 is 0 Å². The Hall–Kier alpha value is 0.620. The van der Waals surface area contributed by atoms with E-state index in [1.54, 1.807) is 11.8 Å². The first-order valence-electron chi connectivity index (χ1n) is 3.38. The molecule has 2 heterocycles. The van der Waals surface area contributed by atoms with Crippen LogP contribution in [0.4, 0.5) is 0 Å². The lowest BCUT2D eigenvalue weighted by Crippen LogP contribution is -2.30. The first-order valence-corrected chi connectivity index (χ1v) is 4.95. The van der Waals surface area contributed by atoms with Crippen LogP contribution in [0.15, 0.2) is 0 Å². The van der Waals surface area contributed by atoms with Crippen molar-refractivity contribution in [1.82, 2.24) is 0 Å². The van der Waals surface area contributed by atoms with E-state index in [1.165, 1.54) is 0 Å². The van der Waals surface area contributed by atoms with Gasteiger partial charge in [0.25, 0.3) is 0 Å². The highest BCUT2D eigenvalue weighted by Gasteiger charge is 2.42. The summed E-state index contributed by atoms with van der Waals surface area (Å²) in [5.74, 6) is 1.09. The van der Waals surface area contributed by atoms with Crippen LogP contribution in [0.2, 0.25) is 0 Å². The number of thioether (sulfide) groups is 1. The van der Waals surface area contributed by atoms with Gasteiger partial charge in [0, 0.05) is 11.0 Å². The minimum absolute atomic E-state index is 0.0417. The number of thiol groups is 1. The molecule has 0 radical (unpaired) electrons. The van der Waals surface area contributed by atoms with Gasteiger partial charge in [0.2, 0.25) is 0 Å². The van der Waals surface area contributed by atoms with Crippen LogP contribution in [0.25, 0.3) is 0 Å². The van der Waals surface area contributed by atoms with Crippen molar-refractivity contribution in [1.29, 1.82) is 0 Å². The van der Waals surface area contributed by atoms with Crippen molar-refractivity contribution in [2.24, 2.45) is 0 Å². The van der Waals surface area contributed by atoms with Gasteiger partial charge in [0.05, 0.1) is 24.1 Å². The van der Waals surface area contributed by atoms with Crippen LogP contribution in [-0.4, -0.2) is 40.2 Å². The Labute approximate surface area is 69.7 Å². The minimum Gasteiger partial charge on any atom is -0.391 e. The molecule has 4 atom stereocenters. The summed E-state index contributed by atoms with van der Waals surface area (Å²) in [6.07, 6.45) is -0.0413. The topological polar surface area (TPSA) is 32.8 Å². The van der Waals surface area contributed by atoms with E-state index in [0.29, 0.717) is 5.25 Å². The van der Waals surface area contributed by atoms with Crippen LogP contribution < -0.4 is 0 Å². The molecule has 2 aliphatic rings. The van der Waals surface area contributed by atoms with Crippen LogP contribution in [0.3, 0.4) is 0 Å². The maximum Gasteiger partial charge on any atom is 0.0951 e. The summed E-state index contributed by atoms with van der Waals surface area (Å²) in [6, 6.07) is 0. The minimum atomic E-state index is -0.263. The molecule has 2 fully saturated rings. The van der Waals surface area contributed by atoms with Gasteiger partial charge in [-0.25, -0.2) is 0 Å². The Bertz CT molecular complexity index is 118. The van der Waals surface area contributed by atoms with Crippen molar-refractivity contribution in [2.75, 3.05) is 12.4 Å². The van der Waals surface area contributed by atoms with Crippen molar-refractivity contribution in [3.63, 3.8) is 0 Å². The lowest BCUT2D eigenvalue weighted by Gasteiger charge is -2.13. The zero-order valence-electron chi connectivity index (χ0n) is 5.43. The lowest BCUT2D eigenvalue weighted by molar-refractivity contribution is 0.168. The van der Waals surface area contributed by atoms with Crippen molar-refractivity contribution in [3.8, 4) is 0 Å². The zero-order chi connectivity index (χ0) is 7.14. The number of aliphatic hydroxyl groups excluding tert-OH is 1. The second-order valence-corrected chi connectivity index (χ2v) is 4.59. The molecule has 0 aromatic heterocycles. The van der Waals surface area contributed by atoms with Crippen LogP contribution >= 0.6 is 24.4 Å². The van der Waals surface area contributed by atoms with Crippen molar-refractivity contribution in [3.05, 3.63) is 0 Å². The summed E-state index contributed by atoms with van der Waals surface area (Å²) in [7, 11) is 0. The normalized spacial score (nSPS) is 42.6. The van der Waals surface area contributed by atoms with E-state index in [4.69, 9.17) is 4.74 Å². The first kappa shape index (κ1) is 7.28. The predicted molar refractivity (Wildman–Crippen MR) is 44.8 cm³/mol. The first-order chi connectivity index (χ1) is 4.79. The van der Waals surface area contributed by atoms with Gasteiger partial charge >= 0.3 is 0 Å². The highest BCUT2D eigenvalue weighted by atomic mass is 32.2. The molecule has 0 spiro atoms. The third kappa shape index (κ3) is 1.44. The number of aliphatic hydroxyl groups is 1. The van der Waals surface area contributed by atoms with E-state index in [-0.39, 0.29) is 17.5 Å². The fourth-order valence-corrected chi connectivity index (χ4v) is 2.12. The lowest BCUT2D eigenvalue weighted by atomic mass is 10.1. The fourth-order valence-electron chi connectivity index (χ4n) is 0.945. The third-order valence-corrected chi connectivity index (χ3v) is 3.47. The van der Waals surface area contributed by atoms with Gasteiger partial charge in [-0.05, 0) is 0 Å². The average Bonchev–Trinajstić information content (AvgIpc) is 2.73. The predicted octanol–water partition coefficient (Wildman–Crippen LogP) is 0.160. The number of hydrogen-bond acceptors (Lipinski definition) is 4. The van der Waals surface area contributed by atoms with Crippen molar-refractivity contribution >= 4 is 24.4 Å². The van der Waals surface area contributed by atoms with E-state index in [1.807, 2.05) is 0 Å². The fraction of sp³-hybridized carbons (Fsp3) is 1.00. The maximum absolute atomic E-state index is 9.49. The van der Waals surface area contributed by atoms with Gasteiger partial charge in [-0.3, -0.25) is 0 Å². The summed E-state index contributed by atoms with van der Waals surface area (Å²) in [4.78, 5) is 0. The molecular weight excluding hydrogens is 168 g/mol. The molecule has 4 unspecified atom stereocenters. The van der Waals surface area contributed by atoms with Crippen molar-refractivity contribution < 1.29 is 9.84 Å². The number of epoxide rings is 1. The standard InChI is InChI=1S/C6H10O2S2/c7-5(4-2-10-4)6(9)3-1-8-3/h3-7,9H,1-2H2. The SMILES string of the molecule is OC(C1CS1)C(S)C1CO1. The zero-order valence-corrected chi connectivity index (χ0v) is 7.15. The summed E-state index contributed by atoms with van der Waals surface area (Å²) >= 11 is 6.07. The number of rotatable bonds is 3. The van der Waals surface area contributed by atoms with E-state index in [9.17, 15) is 5.11 Å². The molecule has 2 rings (SSSR count). The largest absolute Gasteiger partial charge is 0.391 e. The summed E-state index contributed by atoms with van der Waals surface area (Å²) < 4.78 is 5.02. The molecule has 0 aromatic rings. The molecule has 0 saturated carbocycles. The Balaban J connectivity index is 1.83. The highest BCUT2D eigenvalue weighted by Crippen LogP contribution is 2.37. The molecule has 10 heavy (non-hydrogen) atoms. The summed E-state index contributed by atoms with van der Waals surface area (Å²) in [5.41, 5.74) is 0. The number of hydrogen-bond donors (Lipinski definition) is 2. The molecule has 0 aromatic carbocycles. The molecule has 4 heteroatoms. The third-order valence-electron chi connectivity index (χ3n) is 1.83. The Kier molecular flexibility index (Phi) is 1.88. The molecule has 0 aliphatic carbocycles.